The highest BCUT2D eigenvalue weighted by Crippen LogP contribution is 2.40. The quantitative estimate of drug-likeness (QED) is 0.889. The molecule has 0 aliphatic heterocycles. The number of methoxy groups -OCH3 is 1. The largest absolute Gasteiger partial charge is 0.496 e. The third-order valence-corrected chi connectivity index (χ3v) is 4.43. The number of aliphatic hydroxyl groups is 1. The summed E-state index contributed by atoms with van der Waals surface area (Å²) >= 11 is 0. The van der Waals surface area contributed by atoms with Crippen molar-refractivity contribution in [3.8, 4) is 5.75 Å². The maximum atomic E-state index is 13.4. The van der Waals surface area contributed by atoms with Gasteiger partial charge in [0.2, 0.25) is 0 Å². The Hall–Kier alpha value is -1.09. The van der Waals surface area contributed by atoms with Gasteiger partial charge in [-0.2, -0.15) is 0 Å². The van der Waals surface area contributed by atoms with Crippen LogP contribution in [0.15, 0.2) is 18.2 Å². The van der Waals surface area contributed by atoms with Crippen LogP contribution in [-0.4, -0.2) is 12.2 Å². The highest BCUT2D eigenvalue weighted by atomic mass is 19.1. The molecule has 0 spiro atoms. The molecule has 2 rings (SSSR count). The van der Waals surface area contributed by atoms with Gasteiger partial charge in [0.25, 0.3) is 0 Å². The molecular weight excluding hydrogens is 243 g/mol. The molecule has 1 aliphatic carbocycles. The second-order valence-corrected chi connectivity index (χ2v) is 5.52. The second kappa shape index (κ2) is 6.38. The molecule has 3 heteroatoms. The molecule has 1 aliphatic rings. The van der Waals surface area contributed by atoms with Gasteiger partial charge in [0, 0.05) is 5.56 Å². The molecule has 1 aromatic rings. The Morgan fingerprint density at radius 1 is 1.32 bits per heavy atom. The summed E-state index contributed by atoms with van der Waals surface area (Å²) in [6.45, 7) is 2.22. The maximum Gasteiger partial charge on any atom is 0.124 e. The van der Waals surface area contributed by atoms with E-state index in [1.165, 1.54) is 18.6 Å². The van der Waals surface area contributed by atoms with Gasteiger partial charge in [-0.25, -0.2) is 4.39 Å². The van der Waals surface area contributed by atoms with Crippen molar-refractivity contribution in [2.45, 2.75) is 45.1 Å². The first-order chi connectivity index (χ1) is 9.15. The lowest BCUT2D eigenvalue weighted by Gasteiger charge is -2.31. The number of halogens is 1. The summed E-state index contributed by atoms with van der Waals surface area (Å²) in [6.07, 6.45) is 4.94. The lowest BCUT2D eigenvalue weighted by molar-refractivity contribution is 0.0706. The Kier molecular flexibility index (Phi) is 4.81. The number of aliphatic hydroxyl groups excluding tert-OH is 1. The van der Waals surface area contributed by atoms with Gasteiger partial charge in [-0.15, -0.1) is 0 Å². The normalized spacial score (nSPS) is 25.1. The van der Waals surface area contributed by atoms with Crippen LogP contribution in [0, 0.1) is 17.7 Å². The highest BCUT2D eigenvalue weighted by Gasteiger charge is 2.28. The molecular formula is C16H23FO2. The van der Waals surface area contributed by atoms with E-state index in [4.69, 9.17) is 4.74 Å². The fourth-order valence-corrected chi connectivity index (χ4v) is 3.10. The van der Waals surface area contributed by atoms with E-state index in [0.717, 1.165) is 31.6 Å². The SMILES string of the molecule is CCC1CCC(C(O)c2cc(F)ccc2OC)CC1. The van der Waals surface area contributed by atoms with E-state index < -0.39 is 6.10 Å². The number of benzene rings is 1. The molecule has 106 valence electrons. The Bertz CT molecular complexity index is 411. The van der Waals surface area contributed by atoms with Gasteiger partial charge in [-0.3, -0.25) is 0 Å². The van der Waals surface area contributed by atoms with Gasteiger partial charge in [0.05, 0.1) is 13.2 Å². The first-order valence-corrected chi connectivity index (χ1v) is 7.17. The van der Waals surface area contributed by atoms with E-state index in [0.29, 0.717) is 11.3 Å². The van der Waals surface area contributed by atoms with Gasteiger partial charge >= 0.3 is 0 Å². The predicted molar refractivity (Wildman–Crippen MR) is 73.7 cm³/mol. The van der Waals surface area contributed by atoms with Gasteiger partial charge in [-0.05, 0) is 42.9 Å². The standard InChI is InChI=1S/C16H23FO2/c1-3-11-4-6-12(7-5-11)16(18)14-10-13(17)8-9-15(14)19-2/h8-12,16,18H,3-7H2,1-2H3. The van der Waals surface area contributed by atoms with Crippen LogP contribution < -0.4 is 4.74 Å². The van der Waals surface area contributed by atoms with Crippen molar-refractivity contribution < 1.29 is 14.2 Å². The third kappa shape index (κ3) is 3.27. The summed E-state index contributed by atoms with van der Waals surface area (Å²) in [5, 5.41) is 10.5. The average Bonchev–Trinajstić information content (AvgIpc) is 2.46. The third-order valence-electron chi connectivity index (χ3n) is 4.43. The molecule has 0 heterocycles. The molecule has 1 fully saturated rings. The van der Waals surface area contributed by atoms with E-state index in [1.807, 2.05) is 0 Å². The molecule has 1 unspecified atom stereocenters. The molecule has 19 heavy (non-hydrogen) atoms. The van der Waals surface area contributed by atoms with Crippen LogP contribution >= 0.6 is 0 Å². The Morgan fingerprint density at radius 2 is 2.00 bits per heavy atom. The molecule has 2 nitrogen and oxygen atoms in total. The summed E-state index contributed by atoms with van der Waals surface area (Å²) in [5.74, 6) is 1.26. The van der Waals surface area contributed by atoms with Crippen LogP contribution in [0.5, 0.6) is 5.75 Å². The lowest BCUT2D eigenvalue weighted by atomic mass is 9.77. The number of hydrogen-bond donors (Lipinski definition) is 1. The van der Waals surface area contributed by atoms with Gasteiger partial charge < -0.3 is 9.84 Å². The minimum absolute atomic E-state index is 0.221. The Labute approximate surface area is 114 Å². The zero-order valence-corrected chi connectivity index (χ0v) is 11.7. The van der Waals surface area contributed by atoms with Crippen LogP contribution in [0.2, 0.25) is 0 Å². The van der Waals surface area contributed by atoms with E-state index in [2.05, 4.69) is 6.92 Å². The minimum atomic E-state index is -0.622. The lowest BCUT2D eigenvalue weighted by Crippen LogP contribution is -2.20. The van der Waals surface area contributed by atoms with Crippen molar-refractivity contribution in [3.05, 3.63) is 29.6 Å². The van der Waals surface area contributed by atoms with Crippen LogP contribution in [0.4, 0.5) is 4.39 Å². The molecule has 0 amide bonds. The molecule has 0 saturated heterocycles. The second-order valence-electron chi connectivity index (χ2n) is 5.52. The first kappa shape index (κ1) is 14.3. The van der Waals surface area contributed by atoms with Crippen LogP contribution in [0.3, 0.4) is 0 Å². The highest BCUT2D eigenvalue weighted by molar-refractivity contribution is 5.36. The maximum absolute atomic E-state index is 13.4. The number of rotatable bonds is 4. The van der Waals surface area contributed by atoms with Gasteiger partial charge in [0.1, 0.15) is 11.6 Å². The summed E-state index contributed by atoms with van der Waals surface area (Å²) in [5.41, 5.74) is 0.586. The van der Waals surface area contributed by atoms with E-state index >= 15 is 0 Å². The van der Waals surface area contributed by atoms with E-state index in [1.54, 1.807) is 13.2 Å². The van der Waals surface area contributed by atoms with Crippen LogP contribution in [0.1, 0.15) is 50.7 Å². The molecule has 1 aromatic carbocycles. The van der Waals surface area contributed by atoms with Crippen molar-refractivity contribution in [2.75, 3.05) is 7.11 Å². The fourth-order valence-electron chi connectivity index (χ4n) is 3.10. The van der Waals surface area contributed by atoms with Crippen molar-refractivity contribution in [3.63, 3.8) is 0 Å². The minimum Gasteiger partial charge on any atom is -0.496 e. The summed E-state index contributed by atoms with van der Waals surface area (Å²) in [7, 11) is 1.55. The molecule has 0 radical (unpaired) electrons. The number of hydrogen-bond acceptors (Lipinski definition) is 2. The molecule has 1 atom stereocenters. The molecule has 0 bridgehead atoms. The van der Waals surface area contributed by atoms with Crippen molar-refractivity contribution in [2.24, 2.45) is 11.8 Å². The van der Waals surface area contributed by atoms with Crippen molar-refractivity contribution in [1.29, 1.82) is 0 Å². The van der Waals surface area contributed by atoms with Gasteiger partial charge in [0.15, 0.2) is 0 Å². The molecule has 0 aromatic heterocycles. The zero-order valence-electron chi connectivity index (χ0n) is 11.7. The average molecular weight is 266 g/mol. The summed E-state index contributed by atoms with van der Waals surface area (Å²) < 4.78 is 18.6. The summed E-state index contributed by atoms with van der Waals surface area (Å²) in [4.78, 5) is 0. The molecule has 1 N–H and O–H groups in total. The molecule has 1 saturated carbocycles. The van der Waals surface area contributed by atoms with Crippen molar-refractivity contribution in [1.82, 2.24) is 0 Å². The smallest absolute Gasteiger partial charge is 0.124 e. The fraction of sp³-hybridized carbons (Fsp3) is 0.625. The Morgan fingerprint density at radius 3 is 2.58 bits per heavy atom. The van der Waals surface area contributed by atoms with Crippen molar-refractivity contribution >= 4 is 0 Å². The zero-order chi connectivity index (χ0) is 13.8. The predicted octanol–water partition coefficient (Wildman–Crippen LogP) is 4.08. The van der Waals surface area contributed by atoms with Gasteiger partial charge in [-0.1, -0.05) is 26.2 Å². The Balaban J connectivity index is 2.11. The van der Waals surface area contributed by atoms with Crippen LogP contribution in [-0.2, 0) is 0 Å². The number of ether oxygens (including phenoxy) is 1. The first-order valence-electron chi connectivity index (χ1n) is 7.17. The van der Waals surface area contributed by atoms with E-state index in [9.17, 15) is 9.50 Å². The topological polar surface area (TPSA) is 29.5 Å². The monoisotopic (exact) mass is 266 g/mol. The van der Waals surface area contributed by atoms with E-state index in [-0.39, 0.29) is 11.7 Å². The summed E-state index contributed by atoms with van der Waals surface area (Å²) in [6, 6.07) is 4.35. The van der Waals surface area contributed by atoms with Crippen LogP contribution in [0.25, 0.3) is 0 Å².